The number of aromatic nitrogens is 1. The average molecular weight is 544 g/mol. The molecule has 6 rings (SSSR count). The molecular weight excluding hydrogens is 514 g/mol. The van der Waals surface area contributed by atoms with Crippen molar-refractivity contribution < 1.29 is 19.1 Å². The zero-order valence-electron chi connectivity index (χ0n) is 21.7. The Morgan fingerprint density at radius 2 is 1.95 bits per heavy atom. The minimum absolute atomic E-state index is 0.0952. The summed E-state index contributed by atoms with van der Waals surface area (Å²) in [6.07, 6.45) is 2.85. The van der Waals surface area contributed by atoms with E-state index in [4.69, 9.17) is 4.74 Å². The summed E-state index contributed by atoms with van der Waals surface area (Å²) in [5.74, 6) is 1.35. The standard InChI is InChI=1S/C29H29N5O4S/c1-3-23(35)33-14-12-18(16-33)31-27(36)26-25-24-22(11-13-30-28(24)39-26)34(29(37)32-25)21-10-9-20(15-17(21)2)38-19-7-5-4-6-8-19/h4-11,13,15,18,25-26H,3,12,14,16H2,1-2H3,(H,31,36)(H,32,37)/t18?,25?,26-/m1/s1. The van der Waals surface area contributed by atoms with Crippen LogP contribution in [0, 0.1) is 6.92 Å². The lowest BCUT2D eigenvalue weighted by Gasteiger charge is -2.35. The number of anilines is 2. The van der Waals surface area contributed by atoms with Crippen molar-refractivity contribution in [3.63, 3.8) is 0 Å². The van der Waals surface area contributed by atoms with Crippen molar-refractivity contribution in [3.05, 3.63) is 71.9 Å². The Bertz CT molecular complexity index is 1450. The number of benzene rings is 2. The predicted molar refractivity (Wildman–Crippen MR) is 148 cm³/mol. The summed E-state index contributed by atoms with van der Waals surface area (Å²) in [6.45, 7) is 4.94. The summed E-state index contributed by atoms with van der Waals surface area (Å²) in [6, 6.07) is 16.1. The molecule has 200 valence electrons. The fraction of sp³-hybridized carbons (Fsp3) is 0.310. The number of thioether (sulfide) groups is 1. The molecule has 10 heteroatoms. The Hall–Kier alpha value is -4.05. The van der Waals surface area contributed by atoms with E-state index in [0.717, 1.165) is 39.7 Å². The van der Waals surface area contributed by atoms with E-state index in [1.54, 1.807) is 16.0 Å². The van der Waals surface area contributed by atoms with E-state index >= 15 is 0 Å². The lowest BCUT2D eigenvalue weighted by molar-refractivity contribution is -0.130. The van der Waals surface area contributed by atoms with Crippen LogP contribution in [0.1, 0.15) is 36.9 Å². The highest BCUT2D eigenvalue weighted by Crippen LogP contribution is 2.51. The molecule has 39 heavy (non-hydrogen) atoms. The van der Waals surface area contributed by atoms with Crippen molar-refractivity contribution >= 4 is 41.0 Å². The Morgan fingerprint density at radius 3 is 2.72 bits per heavy atom. The molecule has 9 nitrogen and oxygen atoms in total. The van der Waals surface area contributed by atoms with Gasteiger partial charge in [-0.3, -0.25) is 14.5 Å². The molecule has 0 radical (unpaired) electrons. The zero-order chi connectivity index (χ0) is 27.1. The number of ether oxygens (including phenoxy) is 1. The average Bonchev–Trinajstić information content (AvgIpc) is 3.55. The number of hydrogen-bond acceptors (Lipinski definition) is 6. The van der Waals surface area contributed by atoms with E-state index in [-0.39, 0.29) is 23.9 Å². The number of rotatable bonds is 6. The van der Waals surface area contributed by atoms with Gasteiger partial charge in [0.05, 0.1) is 17.4 Å². The van der Waals surface area contributed by atoms with Gasteiger partial charge < -0.3 is 20.3 Å². The summed E-state index contributed by atoms with van der Waals surface area (Å²) >= 11 is 1.37. The van der Waals surface area contributed by atoms with Crippen LogP contribution in [0.4, 0.5) is 16.2 Å². The molecule has 3 aliphatic rings. The van der Waals surface area contributed by atoms with Crippen molar-refractivity contribution in [1.29, 1.82) is 0 Å². The van der Waals surface area contributed by atoms with Gasteiger partial charge in [-0.1, -0.05) is 36.9 Å². The summed E-state index contributed by atoms with van der Waals surface area (Å²) in [5.41, 5.74) is 3.16. The number of nitrogens with one attached hydrogen (secondary N) is 2. The van der Waals surface area contributed by atoms with E-state index in [1.165, 1.54) is 11.8 Å². The van der Waals surface area contributed by atoms with Crippen LogP contribution in [0.2, 0.25) is 0 Å². The number of para-hydroxylation sites is 1. The second-order valence-corrected chi connectivity index (χ2v) is 11.0. The van der Waals surface area contributed by atoms with Crippen LogP contribution in [0.25, 0.3) is 0 Å². The van der Waals surface area contributed by atoms with E-state index < -0.39 is 11.3 Å². The molecule has 0 saturated carbocycles. The van der Waals surface area contributed by atoms with Crippen molar-refractivity contribution in [2.45, 2.75) is 49.0 Å². The minimum atomic E-state index is -0.543. The number of carbonyl (C=O) groups is 3. The quantitative estimate of drug-likeness (QED) is 0.468. The maximum absolute atomic E-state index is 13.5. The predicted octanol–water partition coefficient (Wildman–Crippen LogP) is 4.69. The normalized spacial score (nSPS) is 21.4. The topological polar surface area (TPSA) is 104 Å². The van der Waals surface area contributed by atoms with Crippen LogP contribution in [0.3, 0.4) is 0 Å². The van der Waals surface area contributed by atoms with Crippen LogP contribution in [-0.2, 0) is 9.59 Å². The Morgan fingerprint density at radius 1 is 1.13 bits per heavy atom. The molecule has 2 aromatic carbocycles. The summed E-state index contributed by atoms with van der Waals surface area (Å²) in [4.78, 5) is 46.9. The highest BCUT2D eigenvalue weighted by atomic mass is 32.2. The molecule has 0 aliphatic carbocycles. The number of urea groups is 1. The van der Waals surface area contributed by atoms with Gasteiger partial charge in [0.2, 0.25) is 11.8 Å². The van der Waals surface area contributed by atoms with E-state index in [0.29, 0.717) is 25.3 Å². The maximum Gasteiger partial charge on any atom is 0.327 e. The molecule has 3 aliphatic heterocycles. The largest absolute Gasteiger partial charge is 0.457 e. The molecule has 2 N–H and O–H groups in total. The summed E-state index contributed by atoms with van der Waals surface area (Å²) in [7, 11) is 0. The Labute approximate surface area is 230 Å². The number of pyridine rings is 1. The van der Waals surface area contributed by atoms with Crippen molar-refractivity contribution in [1.82, 2.24) is 20.5 Å². The highest BCUT2D eigenvalue weighted by Gasteiger charge is 2.47. The molecule has 1 saturated heterocycles. The van der Waals surface area contributed by atoms with Gasteiger partial charge in [-0.15, -0.1) is 0 Å². The fourth-order valence-electron chi connectivity index (χ4n) is 5.44. The first-order valence-electron chi connectivity index (χ1n) is 13.1. The first-order chi connectivity index (χ1) is 18.9. The van der Waals surface area contributed by atoms with Gasteiger partial charge >= 0.3 is 6.03 Å². The SMILES string of the molecule is CCC(=O)N1CCC(NC(=O)[C@@H]2Sc3nccc4c3C2NC(=O)N4c2ccc(Oc3ccccc3)cc2C)C1. The molecule has 0 spiro atoms. The Balaban J connectivity index is 1.23. The fourth-order valence-corrected chi connectivity index (χ4v) is 6.68. The lowest BCUT2D eigenvalue weighted by Crippen LogP contribution is -2.50. The summed E-state index contributed by atoms with van der Waals surface area (Å²) < 4.78 is 5.97. The van der Waals surface area contributed by atoms with E-state index in [1.807, 2.05) is 68.4 Å². The van der Waals surface area contributed by atoms with Crippen LogP contribution in [-0.4, -0.2) is 52.1 Å². The van der Waals surface area contributed by atoms with Gasteiger partial charge in [-0.05, 0) is 55.3 Å². The van der Waals surface area contributed by atoms with Crippen molar-refractivity contribution in [2.75, 3.05) is 18.0 Å². The first-order valence-corrected chi connectivity index (χ1v) is 14.0. The van der Waals surface area contributed by atoms with E-state index in [2.05, 4.69) is 15.6 Å². The van der Waals surface area contributed by atoms with Crippen molar-refractivity contribution in [3.8, 4) is 11.5 Å². The third-order valence-electron chi connectivity index (χ3n) is 7.34. The molecule has 1 aromatic heterocycles. The Kier molecular flexibility index (Phi) is 6.64. The van der Waals surface area contributed by atoms with Gasteiger partial charge in [-0.2, -0.15) is 0 Å². The molecule has 3 atom stereocenters. The number of amides is 4. The smallest absolute Gasteiger partial charge is 0.327 e. The maximum atomic E-state index is 13.5. The monoisotopic (exact) mass is 543 g/mol. The molecule has 2 unspecified atom stereocenters. The first kappa shape index (κ1) is 25.2. The lowest BCUT2D eigenvalue weighted by atomic mass is 9.99. The van der Waals surface area contributed by atoms with E-state index in [9.17, 15) is 14.4 Å². The molecule has 1 fully saturated rings. The number of carbonyl (C=O) groups excluding carboxylic acids is 3. The van der Waals surface area contributed by atoms with Crippen molar-refractivity contribution in [2.24, 2.45) is 0 Å². The van der Waals surface area contributed by atoms with Crippen LogP contribution in [0.15, 0.2) is 65.8 Å². The molecule has 4 amide bonds. The third kappa shape index (κ3) is 4.69. The molecule has 0 bridgehead atoms. The van der Waals surface area contributed by atoms with Crippen LogP contribution < -0.4 is 20.3 Å². The van der Waals surface area contributed by atoms with Gasteiger partial charge in [0.1, 0.15) is 21.8 Å². The van der Waals surface area contributed by atoms with Crippen LogP contribution in [0.5, 0.6) is 11.5 Å². The van der Waals surface area contributed by atoms with Gasteiger partial charge in [-0.25, -0.2) is 9.78 Å². The molecular formula is C29H29N5O4S. The summed E-state index contributed by atoms with van der Waals surface area (Å²) in [5, 5.41) is 6.36. The minimum Gasteiger partial charge on any atom is -0.457 e. The molecule has 4 heterocycles. The van der Waals surface area contributed by atoms with Gasteiger partial charge in [0, 0.05) is 37.3 Å². The number of aryl methyl sites for hydroxylation is 1. The van der Waals surface area contributed by atoms with Gasteiger partial charge in [0.25, 0.3) is 0 Å². The molecule has 3 aromatic rings. The highest BCUT2D eigenvalue weighted by molar-refractivity contribution is 8.01. The number of hydrogen-bond donors (Lipinski definition) is 2. The van der Waals surface area contributed by atoms with Crippen LogP contribution >= 0.6 is 11.8 Å². The second kappa shape index (κ2) is 10.3. The number of nitrogens with zero attached hydrogens (tertiary/aromatic N) is 3. The van der Waals surface area contributed by atoms with Gasteiger partial charge in [0.15, 0.2) is 0 Å². The zero-order valence-corrected chi connectivity index (χ0v) is 22.5. The number of likely N-dealkylation sites (tertiary alicyclic amines) is 1. The second-order valence-electron chi connectivity index (χ2n) is 9.90. The third-order valence-corrected chi connectivity index (χ3v) is 8.63.